The van der Waals surface area contributed by atoms with Crippen LogP contribution in [0, 0.1) is 6.92 Å². The highest BCUT2D eigenvalue weighted by Crippen LogP contribution is 2.30. The van der Waals surface area contributed by atoms with Crippen molar-refractivity contribution in [3.05, 3.63) is 129 Å². The summed E-state index contributed by atoms with van der Waals surface area (Å²) in [5.74, 6) is -1.32. The molecule has 0 saturated heterocycles. The minimum absolute atomic E-state index is 0.0101. The molecule has 3 N–H and O–H groups in total. The summed E-state index contributed by atoms with van der Waals surface area (Å²) in [7, 11) is -3.40. The molecule has 238 valence electrons. The Morgan fingerprint density at radius 3 is 2.07 bits per heavy atom. The van der Waals surface area contributed by atoms with Crippen molar-refractivity contribution < 1.29 is 31.2 Å². The number of benzene rings is 3. The van der Waals surface area contributed by atoms with Gasteiger partial charge in [-0.15, -0.1) is 0 Å². The smallest absolute Gasteiger partial charge is 0.348 e. The molecule has 0 aliphatic rings. The molecule has 1 atom stereocenters. The van der Waals surface area contributed by atoms with Crippen molar-refractivity contribution in [3.8, 4) is 5.69 Å². The molecule has 0 aliphatic carbocycles. The molecule has 3 aromatic carbocycles. The predicted octanol–water partition coefficient (Wildman–Crippen LogP) is 5.61. The Morgan fingerprint density at radius 1 is 0.933 bits per heavy atom. The minimum Gasteiger partial charge on any atom is -0.348 e. The second kappa shape index (κ2) is 14.8. The number of nitrogens with one attached hydrogen (secondary N) is 1. The van der Waals surface area contributed by atoms with Gasteiger partial charge in [-0.1, -0.05) is 64.5 Å². The van der Waals surface area contributed by atoms with Gasteiger partial charge in [0.15, 0.2) is 15.6 Å². The topological polar surface area (TPSA) is 128 Å². The Bertz CT molecular complexity index is 1840. The van der Waals surface area contributed by atoms with Crippen LogP contribution >= 0.6 is 15.9 Å². The molecule has 1 unspecified atom stereocenters. The average Bonchev–Trinajstić information content (AvgIpc) is 3.00. The number of carbonyl (C=O) groups excluding carboxylic acids is 2. The van der Waals surface area contributed by atoms with Crippen LogP contribution in [0.3, 0.4) is 0 Å². The summed E-state index contributed by atoms with van der Waals surface area (Å²) in [4.78, 5) is 38.6. The summed E-state index contributed by atoms with van der Waals surface area (Å²) in [6, 6.07) is 20.9. The minimum atomic E-state index is -4.67. The molecule has 8 nitrogen and oxygen atoms in total. The van der Waals surface area contributed by atoms with Gasteiger partial charge in [0.1, 0.15) is 5.56 Å². The third kappa shape index (κ3) is 9.22. The second-order valence-corrected chi connectivity index (χ2v) is 13.4. The maximum absolute atomic E-state index is 13.3. The molecule has 0 spiro atoms. The molecule has 4 rings (SSSR count). The number of sulfone groups is 1. The van der Waals surface area contributed by atoms with E-state index >= 15 is 0 Å². The number of pyridine rings is 1. The van der Waals surface area contributed by atoms with E-state index in [0.717, 1.165) is 35.1 Å². The number of hydrogen-bond acceptors (Lipinski definition) is 6. The van der Waals surface area contributed by atoms with E-state index in [1.54, 1.807) is 6.92 Å². The number of amides is 1. The van der Waals surface area contributed by atoms with Gasteiger partial charge < -0.3 is 11.1 Å². The summed E-state index contributed by atoms with van der Waals surface area (Å²) in [5, 5.41) is 2.54. The number of alkyl halides is 4. The maximum atomic E-state index is 13.3. The van der Waals surface area contributed by atoms with Crippen LogP contribution in [0.5, 0.6) is 0 Å². The van der Waals surface area contributed by atoms with E-state index < -0.39 is 49.2 Å². The number of rotatable bonds is 8. The molecule has 1 heterocycles. The normalized spacial score (nSPS) is 12.1. The molecule has 4 aromatic rings. The van der Waals surface area contributed by atoms with Crippen molar-refractivity contribution in [1.29, 1.82) is 0 Å². The molecule has 13 heteroatoms. The van der Waals surface area contributed by atoms with Crippen LogP contribution in [0.15, 0.2) is 94.6 Å². The van der Waals surface area contributed by atoms with Crippen molar-refractivity contribution in [3.63, 3.8) is 0 Å². The lowest BCUT2D eigenvalue weighted by Crippen LogP contribution is -2.35. The van der Waals surface area contributed by atoms with Gasteiger partial charge in [-0.3, -0.25) is 19.0 Å². The van der Waals surface area contributed by atoms with E-state index in [0.29, 0.717) is 12.1 Å². The Hall–Kier alpha value is -4.07. The van der Waals surface area contributed by atoms with Crippen molar-refractivity contribution >= 4 is 37.5 Å². The highest BCUT2D eigenvalue weighted by atomic mass is 79.9. The largest absolute Gasteiger partial charge is 0.416 e. The second-order valence-electron chi connectivity index (χ2n) is 10.0. The van der Waals surface area contributed by atoms with E-state index in [-0.39, 0.29) is 28.4 Å². The zero-order valence-corrected chi connectivity index (χ0v) is 27.0. The molecule has 0 saturated carbocycles. The summed E-state index contributed by atoms with van der Waals surface area (Å²) in [6.07, 6.45) is -3.61. The third-order valence-corrected chi connectivity index (χ3v) is 8.18. The number of hydrogen-bond donors (Lipinski definition) is 2. The van der Waals surface area contributed by atoms with Crippen molar-refractivity contribution in [2.24, 2.45) is 5.73 Å². The molecule has 1 aromatic heterocycles. The fourth-order valence-electron chi connectivity index (χ4n) is 4.21. The van der Waals surface area contributed by atoms with Gasteiger partial charge in [0.05, 0.1) is 15.3 Å². The Balaban J connectivity index is 0.000000598. The van der Waals surface area contributed by atoms with E-state index in [2.05, 4.69) is 21.2 Å². The zero-order valence-electron chi connectivity index (χ0n) is 24.6. The molecular formula is C32H31BrF3N3O5S. The third-order valence-electron chi connectivity index (χ3n) is 6.63. The number of nitrogens with zero attached hydrogens (tertiary/aromatic N) is 1. The molecular weight excluding hydrogens is 675 g/mol. The van der Waals surface area contributed by atoms with Crippen molar-refractivity contribution in [2.75, 3.05) is 6.26 Å². The number of ketones is 1. The molecule has 45 heavy (non-hydrogen) atoms. The highest BCUT2D eigenvalue weighted by Gasteiger charge is 2.31. The zero-order chi connectivity index (χ0) is 33.5. The van der Waals surface area contributed by atoms with Gasteiger partial charge in [0.25, 0.3) is 11.5 Å². The first-order chi connectivity index (χ1) is 21.0. The fraction of sp³-hybridized carbons (Fsp3) is 0.219. The monoisotopic (exact) mass is 705 g/mol. The van der Waals surface area contributed by atoms with Gasteiger partial charge in [0.2, 0.25) is 0 Å². The Labute approximate surface area is 267 Å². The van der Waals surface area contributed by atoms with Gasteiger partial charge in [-0.25, -0.2) is 8.42 Å². The highest BCUT2D eigenvalue weighted by molar-refractivity contribution is 9.10. The Morgan fingerprint density at radius 2 is 1.56 bits per heavy atom. The number of Topliss-reactive ketones (excluding diaryl/α,β-unsaturated/α-hetero) is 1. The number of carbonyl (C=O) groups is 2. The lowest BCUT2D eigenvalue weighted by Gasteiger charge is -2.18. The Kier molecular flexibility index (Phi) is 11.7. The number of halogens is 4. The summed E-state index contributed by atoms with van der Waals surface area (Å²) >= 11 is 3.16. The van der Waals surface area contributed by atoms with Crippen LogP contribution in [0.25, 0.3) is 5.69 Å². The summed E-state index contributed by atoms with van der Waals surface area (Å²) in [6.45, 7) is 3.52. The number of aromatic nitrogens is 1. The molecule has 0 radical (unpaired) electrons. The molecule has 1 amide bonds. The van der Waals surface area contributed by atoms with Crippen LogP contribution in [0.2, 0.25) is 0 Å². The average molecular weight is 707 g/mol. The first-order valence-electron chi connectivity index (χ1n) is 13.5. The first kappa shape index (κ1) is 35.4. The SMILES string of the molecule is Cc1c(C(=O)C(C)Br)cc(C(=O)NCc2ccc(S(C)(=O)=O)cc2)c(=O)n1-c1cccc(C(F)(F)F)c1.NCc1ccccc1. The quantitative estimate of drug-likeness (QED) is 0.181. The van der Waals surface area contributed by atoms with E-state index in [4.69, 9.17) is 5.73 Å². The van der Waals surface area contributed by atoms with Crippen LogP contribution in [-0.4, -0.2) is 35.8 Å². The number of nitrogens with two attached hydrogens (primary N) is 1. The van der Waals surface area contributed by atoms with Crippen LogP contribution in [0.1, 0.15) is 50.0 Å². The van der Waals surface area contributed by atoms with Gasteiger partial charge >= 0.3 is 6.18 Å². The summed E-state index contributed by atoms with van der Waals surface area (Å²) in [5.41, 5.74) is 4.65. The van der Waals surface area contributed by atoms with Gasteiger partial charge in [0, 0.05) is 36.3 Å². The lowest BCUT2D eigenvalue weighted by atomic mass is 10.0. The van der Waals surface area contributed by atoms with Gasteiger partial charge in [-0.2, -0.15) is 13.2 Å². The summed E-state index contributed by atoms with van der Waals surface area (Å²) < 4.78 is 64.1. The van der Waals surface area contributed by atoms with Crippen LogP contribution < -0.4 is 16.6 Å². The molecule has 0 fully saturated rings. The van der Waals surface area contributed by atoms with E-state index in [1.807, 2.05) is 30.3 Å². The standard InChI is InChI=1S/C25H22BrF3N2O5S.C7H9N/c1-14(26)22(32)20-12-21(23(33)30-13-16-7-9-19(10-8-16)37(3,35)36)24(34)31(15(20)2)18-6-4-5-17(11-18)25(27,28)29;8-6-7-4-2-1-3-5-7/h4-12,14H,13H2,1-3H3,(H,30,33);1-5H,6,8H2. The van der Waals surface area contributed by atoms with Crippen molar-refractivity contribution in [2.45, 2.75) is 42.8 Å². The lowest BCUT2D eigenvalue weighted by molar-refractivity contribution is -0.137. The first-order valence-corrected chi connectivity index (χ1v) is 16.3. The maximum Gasteiger partial charge on any atom is 0.416 e. The van der Waals surface area contributed by atoms with Gasteiger partial charge in [-0.05, 0) is 61.4 Å². The fourth-order valence-corrected chi connectivity index (χ4v) is 5.09. The molecule has 0 bridgehead atoms. The molecule has 0 aliphatic heterocycles. The van der Waals surface area contributed by atoms with Crippen LogP contribution in [0.4, 0.5) is 13.2 Å². The van der Waals surface area contributed by atoms with E-state index in [1.165, 1.54) is 42.8 Å². The van der Waals surface area contributed by atoms with E-state index in [9.17, 15) is 36.0 Å². The predicted molar refractivity (Wildman–Crippen MR) is 170 cm³/mol. The van der Waals surface area contributed by atoms with Crippen LogP contribution in [-0.2, 0) is 29.1 Å². The van der Waals surface area contributed by atoms with Crippen molar-refractivity contribution in [1.82, 2.24) is 9.88 Å².